The highest BCUT2D eigenvalue weighted by Gasteiger charge is 2.82. The van der Waals surface area contributed by atoms with E-state index in [4.69, 9.17) is 32.1 Å². The summed E-state index contributed by atoms with van der Waals surface area (Å²) < 4.78 is 57.2. The Bertz CT molecular complexity index is 2080. The number of ether oxygens (including phenoxy) is 5. The lowest BCUT2D eigenvalue weighted by molar-refractivity contribution is -0.345. The maximum absolute atomic E-state index is 15.6. The number of allylic oxidation sites excluding steroid dienone is 1. The Morgan fingerprint density at radius 3 is 2.27 bits per heavy atom. The van der Waals surface area contributed by atoms with Crippen LogP contribution in [0.2, 0.25) is 0 Å². The highest BCUT2D eigenvalue weighted by molar-refractivity contribution is 7.75. The van der Waals surface area contributed by atoms with Crippen LogP contribution in [0.1, 0.15) is 111 Å². The average Bonchev–Trinajstić information content (AvgIpc) is 3.58. The Kier molecular flexibility index (Phi) is 14.0. The topological polar surface area (TPSA) is 237 Å². The molecular weight excluding hydrogens is 843 g/mol. The van der Waals surface area contributed by atoms with Crippen molar-refractivity contribution in [1.82, 2.24) is 5.32 Å². The van der Waals surface area contributed by atoms with Crippen LogP contribution in [0.15, 0.2) is 53.1 Å². The summed E-state index contributed by atoms with van der Waals surface area (Å²) in [7, 11) is 0. The number of Topliss-reactive ketones (excluding diaryl/α,β-unsaturated/α-hetero) is 1. The number of fused-ring (bicyclic) bond motifs is 4. The van der Waals surface area contributed by atoms with E-state index in [0.29, 0.717) is 6.42 Å². The molecule has 2 heterocycles. The molecule has 2 saturated heterocycles. The number of benzene rings is 1. The number of aliphatic hydroxyl groups is 2. The van der Waals surface area contributed by atoms with Crippen LogP contribution in [0.3, 0.4) is 0 Å². The molecule has 1 unspecified atom stereocenters. The van der Waals surface area contributed by atoms with Gasteiger partial charge in [0.15, 0.2) is 41.4 Å². The van der Waals surface area contributed by atoms with Gasteiger partial charge in [0, 0.05) is 32.1 Å². The third-order valence-corrected chi connectivity index (χ3v) is 14.3. The van der Waals surface area contributed by atoms with Crippen molar-refractivity contribution in [2.75, 3.05) is 6.61 Å². The smallest absolute Gasteiger partial charge is 0.338 e. The predicted molar refractivity (Wildman–Crippen MR) is 222 cm³/mol. The first-order chi connectivity index (χ1) is 29.6. The van der Waals surface area contributed by atoms with E-state index in [0.717, 1.165) is 32.3 Å². The van der Waals surface area contributed by atoms with E-state index < -0.39 is 124 Å². The Hall–Kier alpha value is -4.33. The van der Waals surface area contributed by atoms with E-state index in [1.54, 1.807) is 38.1 Å². The predicted octanol–water partition coefficient (Wildman–Crippen LogP) is 3.60. The molecule has 346 valence electrons. The second-order valence-electron chi connectivity index (χ2n) is 18.2. The third kappa shape index (κ3) is 8.31. The van der Waals surface area contributed by atoms with Gasteiger partial charge in [-0.15, -0.1) is 0 Å². The van der Waals surface area contributed by atoms with Crippen molar-refractivity contribution in [3.63, 3.8) is 0 Å². The van der Waals surface area contributed by atoms with Gasteiger partial charge in [0.2, 0.25) is 5.91 Å². The summed E-state index contributed by atoms with van der Waals surface area (Å²) in [4.78, 5) is 83.7. The van der Waals surface area contributed by atoms with Crippen LogP contribution in [0, 0.1) is 16.7 Å². The van der Waals surface area contributed by atoms with Gasteiger partial charge in [0.05, 0.1) is 35.6 Å². The van der Waals surface area contributed by atoms with Crippen LogP contribution in [0.5, 0.6) is 0 Å². The monoisotopic (exact) mass is 901 g/mol. The number of nitrogens with one attached hydrogen (secondary N) is 1. The summed E-state index contributed by atoms with van der Waals surface area (Å²) in [5, 5.41) is 26.6. The lowest BCUT2D eigenvalue weighted by Gasteiger charge is -2.67. The molecule has 3 N–H and O–H groups in total. The number of hydrogen-bond donors (Lipinski definition) is 3. The number of carbonyl (C=O) groups excluding carboxylic acids is 6. The summed E-state index contributed by atoms with van der Waals surface area (Å²) in [6.07, 6.45) is -7.81. The number of carbonyl (C=O) groups is 6. The minimum atomic E-state index is -2.72. The Morgan fingerprint density at radius 1 is 1.00 bits per heavy atom. The lowest BCUT2D eigenvalue weighted by Crippen LogP contribution is -2.83. The van der Waals surface area contributed by atoms with Crippen molar-refractivity contribution in [2.24, 2.45) is 16.7 Å². The lowest BCUT2D eigenvalue weighted by atomic mass is 9.44. The van der Waals surface area contributed by atoms with Gasteiger partial charge in [0.1, 0.15) is 12.2 Å². The van der Waals surface area contributed by atoms with E-state index in [1.165, 1.54) is 26.0 Å². The number of esters is 4. The van der Waals surface area contributed by atoms with Crippen LogP contribution in [-0.2, 0) is 67.4 Å². The zero-order valence-electron chi connectivity index (χ0n) is 37.1. The quantitative estimate of drug-likeness (QED) is 0.105. The van der Waals surface area contributed by atoms with Gasteiger partial charge in [-0.3, -0.25) is 27.5 Å². The molecule has 0 radical (unpaired) electrons. The summed E-state index contributed by atoms with van der Waals surface area (Å²) >= 11 is -2.72. The molecule has 4 fully saturated rings. The molecule has 63 heavy (non-hydrogen) atoms. The molecule has 1 aromatic carbocycles. The maximum atomic E-state index is 15.6. The zero-order valence-corrected chi connectivity index (χ0v) is 37.9. The number of aliphatic hydroxyl groups excluding tert-OH is 2. The summed E-state index contributed by atoms with van der Waals surface area (Å²) in [6, 6.07) is 6.63. The van der Waals surface area contributed by atoms with Gasteiger partial charge in [-0.1, -0.05) is 63.5 Å². The summed E-state index contributed by atoms with van der Waals surface area (Å²) in [5.74, 6) is -6.79. The fourth-order valence-corrected chi connectivity index (χ4v) is 11.5. The van der Waals surface area contributed by atoms with Crippen molar-refractivity contribution in [3.8, 4) is 0 Å². The van der Waals surface area contributed by atoms with Crippen LogP contribution >= 0.6 is 0 Å². The SMILES string of the molecule is CCCCCC(=O)N[C@@H](CC=C(C)C)[C@@H](O)C(=O)O[C@@H]1C(C)=C2[C@@H](OC(C)=O)C(=O)[C@@]3(C)[C@H]([C@H](OC(=O)c4ccccc4)[C@@]4(OS(=O)O[C@@H]14)C2(C)C)[C@]1(OC(C)=O)CO[C@@H]1C[C@@H]3O. The Labute approximate surface area is 369 Å². The Morgan fingerprint density at radius 2 is 1.68 bits per heavy atom. The molecule has 5 aliphatic rings. The largest absolute Gasteiger partial charge is 0.455 e. The molecule has 18 heteroatoms. The zero-order chi connectivity index (χ0) is 46.4. The van der Waals surface area contributed by atoms with E-state index in [2.05, 4.69) is 5.32 Å². The fraction of sp³-hybridized carbons (Fsp3) is 0.644. The van der Waals surface area contributed by atoms with Crippen molar-refractivity contribution in [2.45, 2.75) is 161 Å². The minimum Gasteiger partial charge on any atom is -0.455 e. The van der Waals surface area contributed by atoms with E-state index >= 15 is 4.79 Å². The molecule has 1 aromatic rings. The van der Waals surface area contributed by atoms with Crippen LogP contribution in [-0.4, -0.2) is 117 Å². The summed E-state index contributed by atoms with van der Waals surface area (Å²) in [5.41, 5.74) is -6.97. The first-order valence-electron chi connectivity index (χ1n) is 21.4. The van der Waals surface area contributed by atoms with Crippen LogP contribution in [0.25, 0.3) is 0 Å². The standard InChI is InChI=1S/C45H59NO16S/c1-10-11-13-18-31(50)46-28(20-19-23(2)3)33(51)41(54)58-34-24(4)32-35(57-25(5)47)37(52)43(9)29(49)21-30-44(22-56-30,60-26(6)48)36(43)39(59-40(53)27-16-14-12-15-17-27)45(42(32,7)8)38(34)61-63(55)62-45/h12,14-17,19,28-30,33-36,38-39,49,51H,10-11,13,18,20-22H2,1-9H3,(H,46,50)/t28-,29-,30+,33+,34+,35+,36-,38-,39-,43+,44-,45+,63?/m0/s1. The number of rotatable bonds is 14. The number of ketones is 1. The average molecular weight is 902 g/mol. The molecule has 1 spiro atoms. The van der Waals surface area contributed by atoms with Crippen LogP contribution in [0.4, 0.5) is 0 Å². The highest BCUT2D eigenvalue weighted by atomic mass is 32.2. The molecule has 17 nitrogen and oxygen atoms in total. The first kappa shape index (κ1) is 48.1. The van der Waals surface area contributed by atoms with E-state index in [1.807, 2.05) is 20.8 Å². The molecule has 3 aliphatic carbocycles. The third-order valence-electron chi connectivity index (χ3n) is 13.6. The molecular formula is C45H59NO16S. The van der Waals surface area contributed by atoms with Crippen molar-refractivity contribution in [3.05, 3.63) is 58.7 Å². The normalized spacial score (nSPS) is 34.8. The molecule has 2 saturated carbocycles. The van der Waals surface area contributed by atoms with Crippen molar-refractivity contribution < 1.29 is 75.2 Å². The van der Waals surface area contributed by atoms with Crippen LogP contribution < -0.4 is 5.32 Å². The number of amides is 1. The molecule has 1 amide bonds. The van der Waals surface area contributed by atoms with Crippen molar-refractivity contribution >= 4 is 46.9 Å². The van der Waals surface area contributed by atoms with Gasteiger partial charge in [0.25, 0.3) is 0 Å². The van der Waals surface area contributed by atoms with Gasteiger partial charge in [-0.25, -0.2) is 9.59 Å². The number of unbranched alkanes of at least 4 members (excludes halogenated alkanes) is 2. The van der Waals surface area contributed by atoms with Crippen molar-refractivity contribution in [1.29, 1.82) is 0 Å². The fourth-order valence-electron chi connectivity index (χ4n) is 10.5. The minimum absolute atomic E-state index is 0.0137. The maximum Gasteiger partial charge on any atom is 0.338 e. The number of hydrogen-bond acceptors (Lipinski definition) is 16. The molecule has 2 bridgehead atoms. The molecule has 6 rings (SSSR count). The second-order valence-corrected chi connectivity index (χ2v) is 18.9. The Balaban J connectivity index is 1.59. The molecule has 0 aromatic heterocycles. The van der Waals surface area contributed by atoms with Gasteiger partial charge < -0.3 is 39.2 Å². The second kappa shape index (κ2) is 18.3. The molecule has 2 aliphatic heterocycles. The summed E-state index contributed by atoms with van der Waals surface area (Å²) in [6.45, 7) is 13.5. The van der Waals surface area contributed by atoms with E-state index in [9.17, 15) is 38.4 Å². The van der Waals surface area contributed by atoms with Gasteiger partial charge >= 0.3 is 35.2 Å². The van der Waals surface area contributed by atoms with Gasteiger partial charge in [-0.2, -0.15) is 4.21 Å². The highest BCUT2D eigenvalue weighted by Crippen LogP contribution is 2.67. The first-order valence-corrected chi connectivity index (χ1v) is 22.4. The van der Waals surface area contributed by atoms with E-state index in [-0.39, 0.29) is 42.6 Å². The van der Waals surface area contributed by atoms with Gasteiger partial charge in [-0.05, 0) is 63.8 Å². The molecule has 13 atom stereocenters.